The molecule has 0 N–H and O–H groups in total. The second kappa shape index (κ2) is 2.34. The number of β-lactam (4-membered cyclic amide) rings is 1. The zero-order valence-corrected chi connectivity index (χ0v) is 6.49. The molecule has 2 atom stereocenters. The highest BCUT2D eigenvalue weighted by atomic mass is 16.5. The van der Waals surface area contributed by atoms with Crippen LogP contribution < -0.4 is 0 Å². The van der Waals surface area contributed by atoms with Crippen LogP contribution in [0.15, 0.2) is 12.2 Å². The monoisotopic (exact) mass is 153 g/mol. The van der Waals surface area contributed by atoms with Gasteiger partial charge in [0.2, 0.25) is 5.91 Å². The molecule has 0 aromatic heterocycles. The third kappa shape index (κ3) is 1.05. The highest BCUT2D eigenvalue weighted by Gasteiger charge is 2.37. The Bertz CT molecular complexity index is 212. The van der Waals surface area contributed by atoms with Crippen molar-refractivity contribution in [1.82, 2.24) is 4.90 Å². The van der Waals surface area contributed by atoms with Gasteiger partial charge in [0, 0.05) is 6.54 Å². The summed E-state index contributed by atoms with van der Waals surface area (Å²) in [6.45, 7) is 2.70. The van der Waals surface area contributed by atoms with Crippen molar-refractivity contribution in [2.24, 2.45) is 0 Å². The van der Waals surface area contributed by atoms with Crippen LogP contribution in [0, 0.1) is 0 Å². The molecule has 2 aliphatic heterocycles. The van der Waals surface area contributed by atoms with Crippen molar-refractivity contribution < 1.29 is 9.53 Å². The maximum atomic E-state index is 10.9. The summed E-state index contributed by atoms with van der Waals surface area (Å²) in [5, 5.41) is 0. The molecule has 0 spiro atoms. The zero-order chi connectivity index (χ0) is 7.84. The molecule has 0 bridgehead atoms. The Kier molecular flexibility index (Phi) is 1.46. The lowest BCUT2D eigenvalue weighted by Crippen LogP contribution is -2.53. The molecule has 3 heteroatoms. The van der Waals surface area contributed by atoms with Gasteiger partial charge in [0.15, 0.2) is 0 Å². The minimum Gasteiger partial charge on any atom is -0.351 e. The second-order valence-corrected chi connectivity index (χ2v) is 2.97. The first-order valence-electron chi connectivity index (χ1n) is 3.89. The number of ether oxygens (including phenoxy) is 1. The maximum absolute atomic E-state index is 10.9. The quantitative estimate of drug-likeness (QED) is 0.375. The maximum Gasteiger partial charge on any atom is 0.229 e. The van der Waals surface area contributed by atoms with E-state index in [1.807, 2.05) is 19.1 Å². The summed E-state index contributed by atoms with van der Waals surface area (Å²) in [4.78, 5) is 12.7. The fourth-order valence-corrected chi connectivity index (χ4v) is 1.43. The number of fused-ring (bicyclic) bond motifs is 1. The molecule has 60 valence electrons. The fraction of sp³-hybridized carbons (Fsp3) is 0.625. The Morgan fingerprint density at radius 2 is 2.55 bits per heavy atom. The summed E-state index contributed by atoms with van der Waals surface area (Å²) in [7, 11) is 0. The van der Waals surface area contributed by atoms with E-state index in [0.717, 1.165) is 0 Å². The molecule has 1 saturated heterocycles. The van der Waals surface area contributed by atoms with Crippen molar-refractivity contribution in [1.29, 1.82) is 0 Å². The lowest BCUT2D eigenvalue weighted by Gasteiger charge is -2.38. The number of hydrogen-bond donors (Lipinski definition) is 0. The molecule has 11 heavy (non-hydrogen) atoms. The van der Waals surface area contributed by atoms with Crippen molar-refractivity contribution in [2.75, 3.05) is 6.54 Å². The van der Waals surface area contributed by atoms with Crippen LogP contribution in [0.5, 0.6) is 0 Å². The molecule has 0 aromatic rings. The average molecular weight is 153 g/mol. The van der Waals surface area contributed by atoms with E-state index < -0.39 is 0 Å². The first-order valence-corrected chi connectivity index (χ1v) is 3.89. The molecule has 2 aliphatic rings. The molecule has 2 heterocycles. The summed E-state index contributed by atoms with van der Waals surface area (Å²) in [5.41, 5.74) is 0. The minimum absolute atomic E-state index is 0.0486. The normalized spacial score (nSPS) is 36.1. The van der Waals surface area contributed by atoms with Crippen molar-refractivity contribution in [2.45, 2.75) is 25.7 Å². The average Bonchev–Trinajstić information content (AvgIpc) is 2.09. The van der Waals surface area contributed by atoms with Crippen LogP contribution in [0.4, 0.5) is 0 Å². The number of carbonyl (C=O) groups excluding carboxylic acids is 1. The Balaban J connectivity index is 2.07. The summed E-state index contributed by atoms with van der Waals surface area (Å²) in [5.74, 6) is 0.203. The van der Waals surface area contributed by atoms with E-state index in [1.165, 1.54) is 0 Å². The highest BCUT2D eigenvalue weighted by molar-refractivity contribution is 5.82. The summed E-state index contributed by atoms with van der Waals surface area (Å²) < 4.78 is 5.50. The van der Waals surface area contributed by atoms with E-state index in [9.17, 15) is 4.79 Å². The Morgan fingerprint density at radius 3 is 3.27 bits per heavy atom. The molecular weight excluding hydrogens is 142 g/mol. The van der Waals surface area contributed by atoms with Crippen LogP contribution in [0.1, 0.15) is 13.3 Å². The lowest BCUT2D eigenvalue weighted by atomic mass is 10.2. The zero-order valence-electron chi connectivity index (χ0n) is 6.49. The molecule has 0 aliphatic carbocycles. The fourth-order valence-electron chi connectivity index (χ4n) is 1.43. The molecular formula is C8H11NO2. The van der Waals surface area contributed by atoms with Gasteiger partial charge in [-0.2, -0.15) is 0 Å². The predicted octanol–water partition coefficient (Wildman–Crippen LogP) is 0.520. The van der Waals surface area contributed by atoms with E-state index >= 15 is 0 Å². The van der Waals surface area contributed by atoms with Gasteiger partial charge in [-0.1, -0.05) is 12.2 Å². The first kappa shape index (κ1) is 6.85. The largest absolute Gasteiger partial charge is 0.351 e. The Morgan fingerprint density at radius 1 is 1.73 bits per heavy atom. The van der Waals surface area contributed by atoms with Gasteiger partial charge >= 0.3 is 0 Å². The van der Waals surface area contributed by atoms with E-state index in [4.69, 9.17) is 4.74 Å². The number of hydrogen-bond acceptors (Lipinski definition) is 2. The van der Waals surface area contributed by atoms with Crippen LogP contribution in [-0.4, -0.2) is 29.7 Å². The van der Waals surface area contributed by atoms with Crippen LogP contribution in [0.2, 0.25) is 0 Å². The summed E-state index contributed by atoms with van der Waals surface area (Å²) >= 11 is 0. The third-order valence-electron chi connectivity index (χ3n) is 2.10. The van der Waals surface area contributed by atoms with Crippen LogP contribution in [0.25, 0.3) is 0 Å². The SMILES string of the molecule is C[C@@H]1C=CCN2C(=O)C[C@H]2O1. The summed E-state index contributed by atoms with van der Waals surface area (Å²) in [6.07, 6.45) is 4.74. The standard InChI is InChI=1S/C8H11NO2/c1-6-3-2-4-9-7(10)5-8(9)11-6/h2-3,6,8H,4-5H2,1H3/t6-,8-/m1/s1. The van der Waals surface area contributed by atoms with E-state index in [2.05, 4.69) is 0 Å². The molecule has 0 aromatic carbocycles. The van der Waals surface area contributed by atoms with Crippen molar-refractivity contribution >= 4 is 5.91 Å². The van der Waals surface area contributed by atoms with Gasteiger partial charge < -0.3 is 9.64 Å². The van der Waals surface area contributed by atoms with Gasteiger partial charge in [0.1, 0.15) is 6.23 Å². The predicted molar refractivity (Wildman–Crippen MR) is 39.8 cm³/mol. The molecule has 1 amide bonds. The van der Waals surface area contributed by atoms with E-state index in [0.29, 0.717) is 13.0 Å². The molecule has 0 radical (unpaired) electrons. The van der Waals surface area contributed by atoms with Gasteiger partial charge in [0.05, 0.1) is 12.5 Å². The molecule has 3 nitrogen and oxygen atoms in total. The van der Waals surface area contributed by atoms with Crippen LogP contribution in [0.3, 0.4) is 0 Å². The first-order chi connectivity index (χ1) is 5.27. The Labute approximate surface area is 65.6 Å². The lowest BCUT2D eigenvalue weighted by molar-refractivity contribution is -0.174. The Hall–Kier alpha value is -0.830. The third-order valence-corrected chi connectivity index (χ3v) is 2.10. The number of carbonyl (C=O) groups is 1. The van der Waals surface area contributed by atoms with E-state index in [-0.39, 0.29) is 18.2 Å². The van der Waals surface area contributed by atoms with Crippen LogP contribution in [-0.2, 0) is 9.53 Å². The number of amides is 1. The topological polar surface area (TPSA) is 29.5 Å². The van der Waals surface area contributed by atoms with Gasteiger partial charge in [-0.3, -0.25) is 4.79 Å². The minimum atomic E-state index is 0.0486. The summed E-state index contributed by atoms with van der Waals surface area (Å²) in [6, 6.07) is 0. The van der Waals surface area contributed by atoms with Gasteiger partial charge in [0.25, 0.3) is 0 Å². The van der Waals surface area contributed by atoms with E-state index in [1.54, 1.807) is 4.90 Å². The smallest absolute Gasteiger partial charge is 0.229 e. The second-order valence-electron chi connectivity index (χ2n) is 2.97. The molecule has 0 unspecified atom stereocenters. The van der Waals surface area contributed by atoms with Crippen molar-refractivity contribution in [3.05, 3.63) is 12.2 Å². The van der Waals surface area contributed by atoms with Crippen molar-refractivity contribution in [3.63, 3.8) is 0 Å². The van der Waals surface area contributed by atoms with Crippen molar-refractivity contribution in [3.8, 4) is 0 Å². The highest BCUT2D eigenvalue weighted by Crippen LogP contribution is 2.23. The van der Waals surface area contributed by atoms with Gasteiger partial charge in [-0.25, -0.2) is 0 Å². The number of rotatable bonds is 0. The van der Waals surface area contributed by atoms with Gasteiger partial charge in [-0.05, 0) is 6.92 Å². The van der Waals surface area contributed by atoms with Crippen LogP contribution >= 0.6 is 0 Å². The van der Waals surface area contributed by atoms with Gasteiger partial charge in [-0.15, -0.1) is 0 Å². The molecule has 1 fully saturated rings. The molecule has 0 saturated carbocycles. The molecule has 2 rings (SSSR count). The number of nitrogens with zero attached hydrogens (tertiary/aromatic N) is 1.